The van der Waals surface area contributed by atoms with E-state index in [1.165, 1.54) is 0 Å². The SMILES string of the molecule is CCC(CCl)(CCl)NC(=O)c1c(F)ccc([N+](=O)[O-])c1F. The number of amides is 1. The molecular formula is C12H12Cl2F2N2O3. The van der Waals surface area contributed by atoms with Crippen LogP contribution in [0.5, 0.6) is 0 Å². The molecule has 0 saturated carbocycles. The van der Waals surface area contributed by atoms with E-state index in [1.807, 2.05) is 0 Å². The minimum Gasteiger partial charge on any atom is -0.344 e. The summed E-state index contributed by atoms with van der Waals surface area (Å²) in [7, 11) is 0. The zero-order valence-electron chi connectivity index (χ0n) is 11.0. The van der Waals surface area contributed by atoms with Gasteiger partial charge in [-0.15, -0.1) is 23.2 Å². The quantitative estimate of drug-likeness (QED) is 0.491. The molecule has 0 aromatic heterocycles. The van der Waals surface area contributed by atoms with Crippen molar-refractivity contribution in [1.29, 1.82) is 0 Å². The van der Waals surface area contributed by atoms with Crippen molar-refractivity contribution in [3.63, 3.8) is 0 Å². The van der Waals surface area contributed by atoms with Gasteiger partial charge in [0, 0.05) is 17.8 Å². The van der Waals surface area contributed by atoms with Gasteiger partial charge >= 0.3 is 5.69 Å². The predicted molar refractivity (Wildman–Crippen MR) is 74.9 cm³/mol. The molecule has 0 aliphatic heterocycles. The molecule has 0 aliphatic rings. The first-order valence-electron chi connectivity index (χ1n) is 5.88. The van der Waals surface area contributed by atoms with E-state index < -0.39 is 39.3 Å². The summed E-state index contributed by atoms with van der Waals surface area (Å²) < 4.78 is 27.6. The highest BCUT2D eigenvalue weighted by Crippen LogP contribution is 2.24. The predicted octanol–water partition coefficient (Wildman–Crippen LogP) is 3.23. The normalized spacial score (nSPS) is 11.3. The van der Waals surface area contributed by atoms with Crippen molar-refractivity contribution in [1.82, 2.24) is 5.32 Å². The third kappa shape index (κ3) is 3.59. The molecule has 0 heterocycles. The second kappa shape index (κ2) is 7.00. The van der Waals surface area contributed by atoms with E-state index in [0.29, 0.717) is 18.6 Å². The van der Waals surface area contributed by atoms with Gasteiger partial charge in [0.15, 0.2) is 0 Å². The molecule has 1 aromatic rings. The second-order valence-corrected chi connectivity index (χ2v) is 4.90. The van der Waals surface area contributed by atoms with E-state index in [9.17, 15) is 23.7 Å². The van der Waals surface area contributed by atoms with Crippen LogP contribution in [0.1, 0.15) is 23.7 Å². The molecule has 1 aromatic carbocycles. The third-order valence-corrected chi connectivity index (χ3v) is 4.08. The van der Waals surface area contributed by atoms with Crippen LogP contribution in [0, 0.1) is 21.7 Å². The van der Waals surface area contributed by atoms with E-state index in [4.69, 9.17) is 23.2 Å². The smallest absolute Gasteiger partial charge is 0.305 e. The van der Waals surface area contributed by atoms with E-state index >= 15 is 0 Å². The number of carbonyl (C=O) groups excluding carboxylic acids is 1. The molecule has 1 amide bonds. The van der Waals surface area contributed by atoms with Crippen molar-refractivity contribution in [3.8, 4) is 0 Å². The first-order valence-corrected chi connectivity index (χ1v) is 6.95. The van der Waals surface area contributed by atoms with Gasteiger partial charge in [0.05, 0.1) is 10.5 Å². The lowest BCUT2D eigenvalue weighted by molar-refractivity contribution is -0.387. The van der Waals surface area contributed by atoms with Gasteiger partial charge in [0.2, 0.25) is 5.82 Å². The summed E-state index contributed by atoms with van der Waals surface area (Å²) in [6.07, 6.45) is 0.323. The maximum atomic E-state index is 13.9. The Morgan fingerprint density at radius 2 is 1.95 bits per heavy atom. The van der Waals surface area contributed by atoms with Gasteiger partial charge in [-0.1, -0.05) is 6.92 Å². The molecule has 0 saturated heterocycles. The van der Waals surface area contributed by atoms with Crippen LogP contribution in [-0.4, -0.2) is 28.1 Å². The first kappa shape index (κ1) is 17.6. The molecule has 21 heavy (non-hydrogen) atoms. The van der Waals surface area contributed by atoms with Crippen molar-refractivity contribution in [2.75, 3.05) is 11.8 Å². The number of hydrogen-bond donors (Lipinski definition) is 1. The minimum absolute atomic E-state index is 0.0725. The number of hydrogen-bond acceptors (Lipinski definition) is 3. The summed E-state index contributed by atoms with van der Waals surface area (Å²) in [4.78, 5) is 21.6. The van der Waals surface area contributed by atoms with Crippen LogP contribution in [0.15, 0.2) is 12.1 Å². The van der Waals surface area contributed by atoms with Crippen LogP contribution in [0.2, 0.25) is 0 Å². The van der Waals surface area contributed by atoms with E-state index in [0.717, 1.165) is 0 Å². The van der Waals surface area contributed by atoms with Crippen molar-refractivity contribution >= 4 is 34.8 Å². The zero-order valence-corrected chi connectivity index (χ0v) is 12.5. The van der Waals surface area contributed by atoms with Crippen molar-refractivity contribution in [3.05, 3.63) is 39.4 Å². The lowest BCUT2D eigenvalue weighted by Gasteiger charge is -2.29. The highest BCUT2D eigenvalue weighted by atomic mass is 35.5. The summed E-state index contributed by atoms with van der Waals surface area (Å²) in [5.41, 5.74) is -3.07. The van der Waals surface area contributed by atoms with Crippen molar-refractivity contribution < 1.29 is 18.5 Å². The van der Waals surface area contributed by atoms with Crippen LogP contribution >= 0.6 is 23.2 Å². The lowest BCUT2D eigenvalue weighted by atomic mass is 10.0. The van der Waals surface area contributed by atoms with Crippen LogP contribution in [0.4, 0.5) is 14.5 Å². The van der Waals surface area contributed by atoms with Gasteiger partial charge in [-0.05, 0) is 12.5 Å². The lowest BCUT2D eigenvalue weighted by Crippen LogP contribution is -2.51. The molecule has 116 valence electrons. The molecule has 5 nitrogen and oxygen atoms in total. The van der Waals surface area contributed by atoms with Gasteiger partial charge in [-0.2, -0.15) is 4.39 Å². The van der Waals surface area contributed by atoms with Crippen molar-refractivity contribution in [2.24, 2.45) is 0 Å². The molecule has 0 atom stereocenters. The van der Waals surface area contributed by atoms with Crippen LogP contribution in [0.25, 0.3) is 0 Å². The Bertz CT molecular complexity index is 557. The molecule has 1 rings (SSSR count). The molecular weight excluding hydrogens is 329 g/mol. The molecule has 9 heteroatoms. The Morgan fingerprint density at radius 3 is 2.38 bits per heavy atom. The number of nitro benzene ring substituents is 1. The molecule has 0 spiro atoms. The molecule has 0 unspecified atom stereocenters. The number of rotatable bonds is 6. The Hall–Kier alpha value is -1.47. The fourth-order valence-corrected chi connectivity index (χ4v) is 2.37. The van der Waals surface area contributed by atoms with Gasteiger partial charge in [0.1, 0.15) is 11.4 Å². The summed E-state index contributed by atoms with van der Waals surface area (Å²) in [6.45, 7) is 1.69. The monoisotopic (exact) mass is 340 g/mol. The summed E-state index contributed by atoms with van der Waals surface area (Å²) in [5, 5.41) is 13.0. The van der Waals surface area contributed by atoms with E-state index in [1.54, 1.807) is 6.92 Å². The average molecular weight is 341 g/mol. The molecule has 0 radical (unpaired) electrons. The number of nitrogens with one attached hydrogen (secondary N) is 1. The fraction of sp³-hybridized carbons (Fsp3) is 0.417. The van der Waals surface area contributed by atoms with Gasteiger partial charge < -0.3 is 5.32 Å². The minimum atomic E-state index is -1.54. The Kier molecular flexibility index (Phi) is 5.86. The fourth-order valence-electron chi connectivity index (χ4n) is 1.57. The highest BCUT2D eigenvalue weighted by Gasteiger charge is 2.33. The van der Waals surface area contributed by atoms with Gasteiger partial charge in [-0.25, -0.2) is 4.39 Å². The Morgan fingerprint density at radius 1 is 1.38 bits per heavy atom. The number of nitro groups is 1. The Labute approximate surface area is 129 Å². The average Bonchev–Trinajstić information content (AvgIpc) is 2.44. The largest absolute Gasteiger partial charge is 0.344 e. The van der Waals surface area contributed by atoms with Gasteiger partial charge in [-0.3, -0.25) is 14.9 Å². The first-order chi connectivity index (χ1) is 9.81. The number of alkyl halides is 2. The topological polar surface area (TPSA) is 72.2 Å². The molecule has 0 fully saturated rings. The Balaban J connectivity index is 3.25. The van der Waals surface area contributed by atoms with Crippen LogP contribution in [-0.2, 0) is 0 Å². The second-order valence-electron chi connectivity index (χ2n) is 4.37. The standard InChI is InChI=1S/C12H12Cl2F2N2O3/c1-2-12(5-13,6-14)17-11(19)9-7(15)3-4-8(10(9)16)18(20)21/h3-4H,2,5-6H2,1H3,(H,17,19). The molecule has 0 aliphatic carbocycles. The summed E-state index contributed by atoms with van der Waals surface area (Å²) in [6, 6.07) is 1.31. The van der Waals surface area contributed by atoms with Crippen LogP contribution < -0.4 is 5.32 Å². The van der Waals surface area contributed by atoms with E-state index in [-0.39, 0.29) is 11.8 Å². The maximum Gasteiger partial charge on any atom is 0.305 e. The third-order valence-electron chi connectivity index (χ3n) is 3.06. The maximum absolute atomic E-state index is 13.9. The van der Waals surface area contributed by atoms with Gasteiger partial charge in [0.25, 0.3) is 5.91 Å². The van der Waals surface area contributed by atoms with E-state index in [2.05, 4.69) is 5.32 Å². The number of benzene rings is 1. The zero-order chi connectivity index (χ0) is 16.2. The highest BCUT2D eigenvalue weighted by molar-refractivity contribution is 6.22. The van der Waals surface area contributed by atoms with Crippen LogP contribution in [0.3, 0.4) is 0 Å². The van der Waals surface area contributed by atoms with Crippen molar-refractivity contribution in [2.45, 2.75) is 18.9 Å². The molecule has 1 N–H and O–H groups in total. The number of halogens is 4. The summed E-state index contributed by atoms with van der Waals surface area (Å²) in [5.74, 6) is -4.03. The molecule has 0 bridgehead atoms. The number of nitrogens with zero attached hydrogens (tertiary/aromatic N) is 1. The number of carbonyl (C=O) groups is 1. The summed E-state index contributed by atoms with van der Waals surface area (Å²) >= 11 is 11.4.